The van der Waals surface area contributed by atoms with Crippen LogP contribution in [0.3, 0.4) is 0 Å². The summed E-state index contributed by atoms with van der Waals surface area (Å²) in [5.74, 6) is 0.967. The lowest BCUT2D eigenvalue weighted by Crippen LogP contribution is -2.51. The third kappa shape index (κ3) is 3.64. The molecule has 5 heteroatoms. The molecular formula is C14H24N4O. The van der Waals surface area contributed by atoms with Crippen molar-refractivity contribution in [3.05, 3.63) is 17.6 Å². The zero-order chi connectivity index (χ0) is 13.7. The molecule has 1 atom stereocenters. The summed E-state index contributed by atoms with van der Waals surface area (Å²) in [5.41, 5.74) is 2.00. The highest BCUT2D eigenvalue weighted by molar-refractivity contribution is 5.39. The van der Waals surface area contributed by atoms with E-state index >= 15 is 0 Å². The minimum Gasteiger partial charge on any atom is -0.377 e. The van der Waals surface area contributed by atoms with Crippen LogP contribution in [-0.4, -0.2) is 48.9 Å². The molecule has 106 valence electrons. The maximum Gasteiger partial charge on any atom is 0.147 e. The topological polar surface area (TPSA) is 50.3 Å². The molecular weight excluding hydrogens is 240 g/mol. The van der Waals surface area contributed by atoms with Gasteiger partial charge in [-0.25, -0.2) is 4.98 Å². The Bertz CT molecular complexity index is 410. The van der Waals surface area contributed by atoms with Crippen molar-refractivity contribution >= 4 is 5.82 Å². The number of rotatable bonds is 5. The largest absolute Gasteiger partial charge is 0.377 e. The van der Waals surface area contributed by atoms with Gasteiger partial charge < -0.3 is 15.0 Å². The maximum atomic E-state index is 5.59. The van der Waals surface area contributed by atoms with Crippen LogP contribution < -0.4 is 10.2 Å². The Morgan fingerprint density at radius 1 is 1.42 bits per heavy atom. The van der Waals surface area contributed by atoms with Crippen molar-refractivity contribution < 1.29 is 4.74 Å². The van der Waals surface area contributed by atoms with Gasteiger partial charge in [-0.15, -0.1) is 0 Å². The highest BCUT2D eigenvalue weighted by Gasteiger charge is 2.24. The van der Waals surface area contributed by atoms with Crippen LogP contribution in [0.25, 0.3) is 0 Å². The molecule has 1 aromatic heterocycles. The van der Waals surface area contributed by atoms with Crippen LogP contribution in [0.2, 0.25) is 0 Å². The van der Waals surface area contributed by atoms with Crippen molar-refractivity contribution in [3.8, 4) is 0 Å². The number of nitrogens with zero attached hydrogens (tertiary/aromatic N) is 3. The number of aromatic nitrogens is 2. The number of hydrogen-bond acceptors (Lipinski definition) is 5. The average Bonchev–Trinajstić information content (AvgIpc) is 2.43. The normalized spacial score (nSPS) is 19.7. The fourth-order valence-electron chi connectivity index (χ4n) is 2.24. The van der Waals surface area contributed by atoms with Crippen molar-refractivity contribution in [2.75, 3.05) is 37.7 Å². The second-order valence-corrected chi connectivity index (χ2v) is 5.03. The van der Waals surface area contributed by atoms with Gasteiger partial charge in [0.25, 0.3) is 0 Å². The second-order valence-electron chi connectivity index (χ2n) is 5.03. The lowest BCUT2D eigenvalue weighted by Gasteiger charge is -2.36. The van der Waals surface area contributed by atoms with Gasteiger partial charge in [0.05, 0.1) is 36.8 Å². The first-order valence-electron chi connectivity index (χ1n) is 7.07. The monoisotopic (exact) mass is 264 g/mol. The van der Waals surface area contributed by atoms with E-state index in [1.165, 1.54) is 0 Å². The minimum absolute atomic E-state index is 0.344. The highest BCUT2D eigenvalue weighted by Crippen LogP contribution is 2.17. The van der Waals surface area contributed by atoms with Gasteiger partial charge in [-0.2, -0.15) is 0 Å². The Labute approximate surface area is 115 Å². The summed E-state index contributed by atoms with van der Waals surface area (Å²) in [6.45, 7) is 10.6. The van der Waals surface area contributed by atoms with E-state index in [0.717, 1.165) is 56.5 Å². The van der Waals surface area contributed by atoms with Crippen LogP contribution in [0.4, 0.5) is 5.82 Å². The molecule has 0 bridgehead atoms. The first-order valence-corrected chi connectivity index (χ1v) is 7.07. The summed E-state index contributed by atoms with van der Waals surface area (Å²) in [7, 11) is 0. The molecule has 1 fully saturated rings. The molecule has 1 aromatic rings. The van der Waals surface area contributed by atoms with Gasteiger partial charge >= 0.3 is 0 Å². The van der Waals surface area contributed by atoms with Gasteiger partial charge in [-0.05, 0) is 26.8 Å². The molecule has 1 unspecified atom stereocenters. The Balaban J connectivity index is 2.07. The zero-order valence-corrected chi connectivity index (χ0v) is 12.1. The Kier molecular flexibility index (Phi) is 5.10. The van der Waals surface area contributed by atoms with Crippen LogP contribution in [0.15, 0.2) is 6.20 Å². The summed E-state index contributed by atoms with van der Waals surface area (Å²) in [6, 6.07) is 0.344. The molecule has 1 N–H and O–H groups in total. The molecule has 2 rings (SSSR count). The standard InChI is InChI=1S/C14H24N4O/c1-4-5-15-8-13-10-19-7-6-18(13)14-9-16-11(2)12(3)17-14/h9,13,15H,4-8,10H2,1-3H3. The van der Waals surface area contributed by atoms with Crippen LogP contribution >= 0.6 is 0 Å². The van der Waals surface area contributed by atoms with E-state index in [1.807, 2.05) is 20.0 Å². The number of aryl methyl sites for hydroxylation is 2. The van der Waals surface area contributed by atoms with E-state index in [1.54, 1.807) is 0 Å². The third-order valence-electron chi connectivity index (χ3n) is 3.51. The molecule has 0 spiro atoms. The SMILES string of the molecule is CCCNCC1COCCN1c1cnc(C)c(C)n1. The molecule has 1 aliphatic heterocycles. The van der Waals surface area contributed by atoms with Gasteiger partial charge in [0.2, 0.25) is 0 Å². The van der Waals surface area contributed by atoms with Crippen LogP contribution in [0.1, 0.15) is 24.7 Å². The van der Waals surface area contributed by atoms with Gasteiger partial charge in [-0.1, -0.05) is 6.92 Å². The number of nitrogens with one attached hydrogen (secondary N) is 1. The number of hydrogen-bond donors (Lipinski definition) is 1. The van der Waals surface area contributed by atoms with E-state index in [9.17, 15) is 0 Å². The molecule has 19 heavy (non-hydrogen) atoms. The summed E-state index contributed by atoms with van der Waals surface area (Å²) < 4.78 is 5.59. The smallest absolute Gasteiger partial charge is 0.147 e. The van der Waals surface area contributed by atoms with Crippen LogP contribution in [-0.2, 0) is 4.74 Å². The predicted octanol–water partition coefficient (Wildman–Crippen LogP) is 1.30. The van der Waals surface area contributed by atoms with Crippen molar-refractivity contribution in [3.63, 3.8) is 0 Å². The maximum absolute atomic E-state index is 5.59. The van der Waals surface area contributed by atoms with Gasteiger partial charge in [0.1, 0.15) is 5.82 Å². The van der Waals surface area contributed by atoms with Crippen LogP contribution in [0.5, 0.6) is 0 Å². The first kappa shape index (κ1) is 14.2. The van der Waals surface area contributed by atoms with E-state index in [-0.39, 0.29) is 0 Å². The van der Waals surface area contributed by atoms with Gasteiger partial charge in [-0.3, -0.25) is 4.98 Å². The van der Waals surface area contributed by atoms with E-state index in [0.29, 0.717) is 6.04 Å². The predicted molar refractivity (Wildman–Crippen MR) is 76.6 cm³/mol. The first-order chi connectivity index (χ1) is 9.22. The highest BCUT2D eigenvalue weighted by atomic mass is 16.5. The summed E-state index contributed by atoms with van der Waals surface area (Å²) >= 11 is 0. The minimum atomic E-state index is 0.344. The van der Waals surface area contributed by atoms with Crippen molar-refractivity contribution in [2.45, 2.75) is 33.2 Å². The molecule has 5 nitrogen and oxygen atoms in total. The number of morpholine rings is 1. The molecule has 0 radical (unpaired) electrons. The molecule has 0 saturated carbocycles. The lowest BCUT2D eigenvalue weighted by atomic mass is 10.2. The summed E-state index contributed by atoms with van der Waals surface area (Å²) in [5, 5.41) is 3.46. The van der Waals surface area contributed by atoms with Crippen LogP contribution in [0, 0.1) is 13.8 Å². The lowest BCUT2D eigenvalue weighted by molar-refractivity contribution is 0.0933. The number of anilines is 1. The summed E-state index contributed by atoms with van der Waals surface area (Å²) in [6.07, 6.45) is 3.03. The van der Waals surface area contributed by atoms with Crippen molar-refractivity contribution in [1.29, 1.82) is 0 Å². The molecule has 0 aliphatic carbocycles. The second kappa shape index (κ2) is 6.82. The van der Waals surface area contributed by atoms with E-state index < -0.39 is 0 Å². The molecule has 1 aliphatic rings. The fourth-order valence-corrected chi connectivity index (χ4v) is 2.24. The Morgan fingerprint density at radius 2 is 2.26 bits per heavy atom. The Hall–Kier alpha value is -1.20. The zero-order valence-electron chi connectivity index (χ0n) is 12.1. The fraction of sp³-hybridized carbons (Fsp3) is 0.714. The quantitative estimate of drug-likeness (QED) is 0.812. The Morgan fingerprint density at radius 3 is 3.00 bits per heavy atom. The summed E-state index contributed by atoms with van der Waals surface area (Å²) in [4.78, 5) is 11.4. The average molecular weight is 264 g/mol. The van der Waals surface area contributed by atoms with Crippen molar-refractivity contribution in [2.24, 2.45) is 0 Å². The molecule has 0 aromatic carbocycles. The van der Waals surface area contributed by atoms with E-state index in [4.69, 9.17) is 4.74 Å². The molecule has 0 amide bonds. The number of ether oxygens (including phenoxy) is 1. The van der Waals surface area contributed by atoms with E-state index in [2.05, 4.69) is 27.1 Å². The molecule has 2 heterocycles. The van der Waals surface area contributed by atoms with Crippen molar-refractivity contribution in [1.82, 2.24) is 15.3 Å². The van der Waals surface area contributed by atoms with Gasteiger partial charge in [0, 0.05) is 13.1 Å². The third-order valence-corrected chi connectivity index (χ3v) is 3.51. The van der Waals surface area contributed by atoms with Gasteiger partial charge in [0.15, 0.2) is 0 Å². The molecule has 1 saturated heterocycles.